The molecule has 6 heteroatoms. The Balaban J connectivity index is 2.37. The molecular formula is C16H24N2O3S. The molecule has 1 amide bonds. The van der Waals surface area contributed by atoms with E-state index in [0.29, 0.717) is 12.1 Å². The average molecular weight is 324 g/mol. The second kappa shape index (κ2) is 6.01. The number of amides is 1. The summed E-state index contributed by atoms with van der Waals surface area (Å²) in [5.41, 5.74) is 1.18. The molecule has 1 unspecified atom stereocenters. The Kier molecular flexibility index (Phi) is 4.63. The summed E-state index contributed by atoms with van der Waals surface area (Å²) in [6.07, 6.45) is 2.07. The standard InChI is InChI=1S/C16H24N2O3S/c1-5-6-11(2)18-22(20,21)12-7-8-14-13(9-12)16(3,4)10-15(19)17-14/h7-9,11,18H,5-6,10H2,1-4H3,(H,17,19). The van der Waals surface area contributed by atoms with Crippen molar-refractivity contribution in [1.82, 2.24) is 4.72 Å². The molecular weight excluding hydrogens is 300 g/mol. The molecule has 0 spiro atoms. The Morgan fingerprint density at radius 3 is 2.68 bits per heavy atom. The van der Waals surface area contributed by atoms with Crippen LogP contribution in [0.4, 0.5) is 5.69 Å². The zero-order valence-corrected chi connectivity index (χ0v) is 14.4. The van der Waals surface area contributed by atoms with E-state index < -0.39 is 10.0 Å². The summed E-state index contributed by atoms with van der Waals surface area (Å²) >= 11 is 0. The lowest BCUT2D eigenvalue weighted by Crippen LogP contribution is -2.34. The lowest BCUT2D eigenvalue weighted by Gasteiger charge is -2.32. The lowest BCUT2D eigenvalue weighted by molar-refractivity contribution is -0.117. The first-order valence-electron chi connectivity index (χ1n) is 7.62. The van der Waals surface area contributed by atoms with Gasteiger partial charge in [0, 0.05) is 23.6 Å². The quantitative estimate of drug-likeness (QED) is 0.874. The molecule has 1 aromatic rings. The van der Waals surface area contributed by atoms with Gasteiger partial charge in [-0.05, 0) is 37.1 Å². The molecule has 1 aliphatic rings. The van der Waals surface area contributed by atoms with Crippen LogP contribution in [-0.2, 0) is 20.2 Å². The summed E-state index contributed by atoms with van der Waals surface area (Å²) in [7, 11) is -3.54. The van der Waals surface area contributed by atoms with Crippen molar-refractivity contribution in [3.8, 4) is 0 Å². The highest BCUT2D eigenvalue weighted by Gasteiger charge is 2.33. The van der Waals surface area contributed by atoms with Crippen molar-refractivity contribution in [2.45, 2.75) is 63.3 Å². The third kappa shape index (κ3) is 3.50. The van der Waals surface area contributed by atoms with Crippen LogP contribution in [0.25, 0.3) is 0 Å². The third-order valence-electron chi connectivity index (χ3n) is 3.99. The van der Waals surface area contributed by atoms with Crippen molar-refractivity contribution in [3.05, 3.63) is 23.8 Å². The van der Waals surface area contributed by atoms with Gasteiger partial charge in [-0.2, -0.15) is 0 Å². The second-order valence-corrected chi connectivity index (χ2v) is 8.34. The summed E-state index contributed by atoms with van der Waals surface area (Å²) < 4.78 is 27.7. The number of hydrogen-bond acceptors (Lipinski definition) is 3. The number of anilines is 1. The van der Waals surface area contributed by atoms with Crippen LogP contribution in [-0.4, -0.2) is 20.4 Å². The summed E-state index contributed by atoms with van der Waals surface area (Å²) in [5, 5.41) is 2.80. The molecule has 0 bridgehead atoms. The third-order valence-corrected chi connectivity index (χ3v) is 5.57. The molecule has 0 saturated carbocycles. The van der Waals surface area contributed by atoms with Crippen molar-refractivity contribution >= 4 is 21.6 Å². The minimum absolute atomic E-state index is 0.0391. The van der Waals surface area contributed by atoms with Crippen molar-refractivity contribution in [1.29, 1.82) is 0 Å². The van der Waals surface area contributed by atoms with Gasteiger partial charge < -0.3 is 5.32 Å². The molecule has 1 aliphatic heterocycles. The van der Waals surface area contributed by atoms with Crippen LogP contribution in [0.1, 0.15) is 52.5 Å². The number of fused-ring (bicyclic) bond motifs is 1. The fraction of sp³-hybridized carbons (Fsp3) is 0.562. The maximum absolute atomic E-state index is 12.5. The minimum Gasteiger partial charge on any atom is -0.326 e. The molecule has 0 fully saturated rings. The number of nitrogens with one attached hydrogen (secondary N) is 2. The van der Waals surface area contributed by atoms with Gasteiger partial charge in [0.05, 0.1) is 4.90 Å². The summed E-state index contributed by atoms with van der Waals surface area (Å²) in [6, 6.07) is 4.79. The smallest absolute Gasteiger partial charge is 0.240 e. The lowest BCUT2D eigenvalue weighted by atomic mass is 9.78. The van der Waals surface area contributed by atoms with Gasteiger partial charge in [0.1, 0.15) is 0 Å². The largest absolute Gasteiger partial charge is 0.326 e. The van der Waals surface area contributed by atoms with Crippen molar-refractivity contribution in [2.75, 3.05) is 5.32 Å². The number of carbonyl (C=O) groups is 1. The van der Waals surface area contributed by atoms with E-state index in [9.17, 15) is 13.2 Å². The number of carbonyl (C=O) groups excluding carboxylic acids is 1. The molecule has 0 radical (unpaired) electrons. The molecule has 0 saturated heterocycles. The Labute approximate surface area is 132 Å². The Morgan fingerprint density at radius 2 is 2.05 bits per heavy atom. The first-order valence-corrected chi connectivity index (χ1v) is 9.11. The van der Waals surface area contributed by atoms with Gasteiger partial charge in [-0.3, -0.25) is 4.79 Å². The maximum Gasteiger partial charge on any atom is 0.240 e. The van der Waals surface area contributed by atoms with E-state index in [2.05, 4.69) is 10.0 Å². The van der Waals surface area contributed by atoms with Gasteiger partial charge in [0.25, 0.3) is 0 Å². The second-order valence-electron chi connectivity index (χ2n) is 6.63. The fourth-order valence-electron chi connectivity index (χ4n) is 2.88. The van der Waals surface area contributed by atoms with E-state index in [4.69, 9.17) is 0 Å². The van der Waals surface area contributed by atoms with Crippen LogP contribution < -0.4 is 10.0 Å². The van der Waals surface area contributed by atoms with Crippen LogP contribution in [0.15, 0.2) is 23.1 Å². The molecule has 0 aromatic heterocycles. The molecule has 1 heterocycles. The molecule has 5 nitrogen and oxygen atoms in total. The molecule has 122 valence electrons. The predicted octanol–water partition coefficient (Wildman–Crippen LogP) is 2.77. The van der Waals surface area contributed by atoms with Gasteiger partial charge in [-0.25, -0.2) is 13.1 Å². The van der Waals surface area contributed by atoms with Crippen LogP contribution in [0.5, 0.6) is 0 Å². The van der Waals surface area contributed by atoms with E-state index in [-0.39, 0.29) is 22.3 Å². The topological polar surface area (TPSA) is 75.3 Å². The van der Waals surface area contributed by atoms with E-state index in [0.717, 1.165) is 18.4 Å². The molecule has 22 heavy (non-hydrogen) atoms. The van der Waals surface area contributed by atoms with E-state index >= 15 is 0 Å². The van der Waals surface area contributed by atoms with Gasteiger partial charge in [-0.1, -0.05) is 27.2 Å². The Hall–Kier alpha value is -1.40. The molecule has 1 atom stereocenters. The summed E-state index contributed by atoms with van der Waals surface area (Å²) in [6.45, 7) is 7.79. The van der Waals surface area contributed by atoms with Crippen LogP contribution in [0.3, 0.4) is 0 Å². The minimum atomic E-state index is -3.54. The van der Waals surface area contributed by atoms with E-state index in [1.807, 2.05) is 27.7 Å². The van der Waals surface area contributed by atoms with Crippen LogP contribution >= 0.6 is 0 Å². The SMILES string of the molecule is CCCC(C)NS(=O)(=O)c1ccc2c(c1)C(C)(C)CC(=O)N2. The highest BCUT2D eigenvalue weighted by atomic mass is 32.2. The normalized spacial score (nSPS) is 18.5. The van der Waals surface area contributed by atoms with Gasteiger partial charge in [0.15, 0.2) is 0 Å². The van der Waals surface area contributed by atoms with Crippen molar-refractivity contribution in [3.63, 3.8) is 0 Å². The van der Waals surface area contributed by atoms with Crippen molar-refractivity contribution < 1.29 is 13.2 Å². The summed E-state index contributed by atoms with van der Waals surface area (Å²) in [4.78, 5) is 11.9. The highest BCUT2D eigenvalue weighted by molar-refractivity contribution is 7.89. The first-order chi connectivity index (χ1) is 10.2. The van der Waals surface area contributed by atoms with Crippen LogP contribution in [0, 0.1) is 0 Å². The number of hydrogen-bond donors (Lipinski definition) is 2. The zero-order valence-electron chi connectivity index (χ0n) is 13.6. The molecule has 1 aromatic carbocycles. The first kappa shape index (κ1) is 17.0. The zero-order chi connectivity index (χ0) is 16.5. The van der Waals surface area contributed by atoms with Crippen LogP contribution in [0.2, 0.25) is 0 Å². The molecule has 0 aliphatic carbocycles. The average Bonchev–Trinajstić information content (AvgIpc) is 2.36. The molecule has 2 N–H and O–H groups in total. The van der Waals surface area contributed by atoms with E-state index in [1.54, 1.807) is 18.2 Å². The van der Waals surface area contributed by atoms with E-state index in [1.165, 1.54) is 0 Å². The van der Waals surface area contributed by atoms with Gasteiger partial charge >= 0.3 is 0 Å². The number of sulfonamides is 1. The fourth-order valence-corrected chi connectivity index (χ4v) is 4.18. The van der Waals surface area contributed by atoms with Gasteiger partial charge in [0.2, 0.25) is 15.9 Å². The maximum atomic E-state index is 12.5. The Morgan fingerprint density at radius 1 is 1.36 bits per heavy atom. The van der Waals surface area contributed by atoms with Gasteiger partial charge in [-0.15, -0.1) is 0 Å². The number of rotatable bonds is 5. The molecule has 2 rings (SSSR count). The highest BCUT2D eigenvalue weighted by Crippen LogP contribution is 2.38. The number of benzene rings is 1. The monoisotopic (exact) mass is 324 g/mol. The summed E-state index contributed by atoms with van der Waals surface area (Å²) in [5.74, 6) is -0.0391. The Bertz CT molecular complexity index is 681. The predicted molar refractivity (Wildman–Crippen MR) is 87.4 cm³/mol. The van der Waals surface area contributed by atoms with Crippen molar-refractivity contribution in [2.24, 2.45) is 0 Å².